The number of pyridine rings is 3. The molecule has 0 aliphatic carbocycles. The summed E-state index contributed by atoms with van der Waals surface area (Å²) in [6.07, 6.45) is 3.99. The predicted molar refractivity (Wildman–Crippen MR) is 143 cm³/mol. The molecule has 208 valence electrons. The highest BCUT2D eigenvalue weighted by Gasteiger charge is 2.34. The van der Waals surface area contributed by atoms with Gasteiger partial charge in [-0.15, -0.1) is 0 Å². The maximum Gasteiger partial charge on any atom is 0.319 e. The van der Waals surface area contributed by atoms with E-state index < -0.39 is 28.6 Å². The van der Waals surface area contributed by atoms with Gasteiger partial charge in [-0.2, -0.15) is 0 Å². The monoisotopic (exact) mass is 569 g/mol. The Balaban J connectivity index is 1.70. The summed E-state index contributed by atoms with van der Waals surface area (Å²) in [6.45, 7) is 8.41. The molecule has 0 saturated heterocycles. The number of rotatable bonds is 8. The summed E-state index contributed by atoms with van der Waals surface area (Å²) in [5, 5.41) is -0.230. The molecule has 4 aromatic heterocycles. The molecule has 0 unspecified atom stereocenters. The van der Waals surface area contributed by atoms with Crippen molar-refractivity contribution < 1.29 is 23.0 Å². The van der Waals surface area contributed by atoms with E-state index in [1.807, 2.05) is 0 Å². The van der Waals surface area contributed by atoms with Gasteiger partial charge in [-0.05, 0) is 52.3 Å². The van der Waals surface area contributed by atoms with Gasteiger partial charge in [0, 0.05) is 30.2 Å². The molecule has 4 rings (SSSR count). The first-order chi connectivity index (χ1) is 18.9. The number of halogens is 3. The SMILES string of the molecule is CCOC(=O)C(C)(C)c1nccc(-c2cc(-n3c(C)cc(OCc4ncc(F)cc4F)c(Cl)c3=O)c(C)cn2)n1. The normalized spacial score (nSPS) is 11.4. The summed E-state index contributed by atoms with van der Waals surface area (Å²) >= 11 is 6.37. The zero-order valence-corrected chi connectivity index (χ0v) is 23.2. The van der Waals surface area contributed by atoms with Crippen molar-refractivity contribution in [3.63, 3.8) is 0 Å². The molecule has 0 saturated carbocycles. The van der Waals surface area contributed by atoms with Crippen molar-refractivity contribution in [3.8, 4) is 22.8 Å². The molecule has 0 N–H and O–H groups in total. The number of carbonyl (C=O) groups excluding carboxylic acids is 1. The Kier molecular flexibility index (Phi) is 8.24. The molecule has 4 aromatic rings. The summed E-state index contributed by atoms with van der Waals surface area (Å²) in [7, 11) is 0. The minimum atomic E-state index is -1.09. The van der Waals surface area contributed by atoms with Gasteiger partial charge in [0.2, 0.25) is 0 Å². The average Bonchev–Trinajstić information content (AvgIpc) is 2.92. The van der Waals surface area contributed by atoms with Crippen LogP contribution in [0.2, 0.25) is 5.02 Å². The third-order valence-corrected chi connectivity index (χ3v) is 6.47. The van der Waals surface area contributed by atoms with Crippen molar-refractivity contribution >= 4 is 17.6 Å². The Morgan fingerprint density at radius 3 is 2.52 bits per heavy atom. The lowest BCUT2D eigenvalue weighted by atomic mass is 9.92. The minimum absolute atomic E-state index is 0.0273. The first-order valence-corrected chi connectivity index (χ1v) is 12.6. The number of ether oxygens (including phenoxy) is 2. The molecule has 4 heterocycles. The van der Waals surface area contributed by atoms with Crippen LogP contribution in [-0.4, -0.2) is 37.1 Å². The smallest absolute Gasteiger partial charge is 0.319 e. The van der Waals surface area contributed by atoms with Gasteiger partial charge in [0.25, 0.3) is 5.56 Å². The third kappa shape index (κ3) is 5.69. The second kappa shape index (κ2) is 11.5. The zero-order valence-electron chi connectivity index (χ0n) is 22.5. The summed E-state index contributed by atoms with van der Waals surface area (Å²) in [5.74, 6) is -1.86. The lowest BCUT2D eigenvalue weighted by Gasteiger charge is -2.21. The van der Waals surface area contributed by atoms with E-state index in [1.165, 1.54) is 16.8 Å². The molecular weight excluding hydrogens is 544 g/mol. The maximum atomic E-state index is 14.0. The standard InChI is InChI=1S/C28H26ClF2N5O4/c1-6-39-27(38)28(4,5)26-32-8-7-19(35-26)20-11-22(15(2)12-33-20)36-16(3)9-23(24(29)25(36)37)40-14-21-18(31)10-17(30)13-34-21/h7-13H,6,14H2,1-5H3. The van der Waals surface area contributed by atoms with Crippen molar-refractivity contribution in [1.82, 2.24) is 24.5 Å². The Hall–Kier alpha value is -4.25. The van der Waals surface area contributed by atoms with E-state index in [9.17, 15) is 18.4 Å². The number of hydrogen-bond donors (Lipinski definition) is 0. The van der Waals surface area contributed by atoms with Crippen LogP contribution in [0.15, 0.2) is 47.7 Å². The summed E-state index contributed by atoms with van der Waals surface area (Å²) < 4.78 is 39.2. The van der Waals surface area contributed by atoms with Gasteiger partial charge in [-0.1, -0.05) is 11.6 Å². The fraction of sp³-hybridized carbons (Fsp3) is 0.286. The lowest BCUT2D eigenvalue weighted by molar-refractivity contribution is -0.149. The van der Waals surface area contributed by atoms with Gasteiger partial charge in [0.15, 0.2) is 5.82 Å². The second-order valence-corrected chi connectivity index (χ2v) is 9.82. The van der Waals surface area contributed by atoms with Crippen molar-refractivity contribution in [2.24, 2.45) is 0 Å². The van der Waals surface area contributed by atoms with Gasteiger partial charge in [0.1, 0.15) is 40.1 Å². The second-order valence-electron chi connectivity index (χ2n) is 9.44. The fourth-order valence-electron chi connectivity index (χ4n) is 3.88. The van der Waals surface area contributed by atoms with Gasteiger partial charge in [-0.3, -0.25) is 24.1 Å². The lowest BCUT2D eigenvalue weighted by Crippen LogP contribution is -2.33. The number of aryl methyl sites for hydroxylation is 2. The van der Waals surface area contributed by atoms with Crippen LogP contribution in [0.25, 0.3) is 17.1 Å². The minimum Gasteiger partial charge on any atom is -0.485 e. The van der Waals surface area contributed by atoms with Crippen molar-refractivity contribution in [2.45, 2.75) is 46.6 Å². The molecule has 0 bridgehead atoms. The maximum absolute atomic E-state index is 14.0. The fourth-order valence-corrected chi connectivity index (χ4v) is 4.07. The van der Waals surface area contributed by atoms with Crippen LogP contribution in [0, 0.1) is 25.5 Å². The molecular formula is C28H26ClF2N5O4. The van der Waals surface area contributed by atoms with Crippen molar-refractivity contribution in [1.29, 1.82) is 0 Å². The van der Waals surface area contributed by atoms with E-state index in [1.54, 1.807) is 52.9 Å². The quantitative estimate of drug-likeness (QED) is 0.271. The number of nitrogens with zero attached hydrogens (tertiary/aromatic N) is 5. The van der Waals surface area contributed by atoms with Crippen LogP contribution in [0.5, 0.6) is 5.75 Å². The molecule has 0 radical (unpaired) electrons. The van der Waals surface area contributed by atoms with Crippen molar-refractivity contribution in [2.75, 3.05) is 6.61 Å². The highest BCUT2D eigenvalue weighted by molar-refractivity contribution is 6.31. The summed E-state index contributed by atoms with van der Waals surface area (Å²) in [6, 6.07) is 5.56. The van der Waals surface area contributed by atoms with E-state index >= 15 is 0 Å². The molecule has 0 aromatic carbocycles. The molecule has 0 aliphatic rings. The van der Waals surface area contributed by atoms with Crippen LogP contribution >= 0.6 is 11.6 Å². The van der Waals surface area contributed by atoms with Crippen LogP contribution in [0.4, 0.5) is 8.78 Å². The molecule has 0 atom stereocenters. The van der Waals surface area contributed by atoms with Gasteiger partial charge < -0.3 is 9.47 Å². The highest BCUT2D eigenvalue weighted by Crippen LogP contribution is 2.28. The molecule has 0 fully saturated rings. The first kappa shape index (κ1) is 28.8. The van der Waals surface area contributed by atoms with E-state index in [2.05, 4.69) is 19.9 Å². The van der Waals surface area contributed by atoms with Crippen LogP contribution < -0.4 is 10.3 Å². The van der Waals surface area contributed by atoms with Gasteiger partial charge in [0.05, 0.1) is 29.9 Å². The summed E-state index contributed by atoms with van der Waals surface area (Å²) in [4.78, 5) is 42.8. The Morgan fingerprint density at radius 1 is 1.07 bits per heavy atom. The number of carbonyl (C=O) groups is 1. The predicted octanol–water partition coefficient (Wildman–Crippen LogP) is 5.05. The number of aromatic nitrogens is 5. The Morgan fingerprint density at radius 2 is 1.82 bits per heavy atom. The van der Waals surface area contributed by atoms with Gasteiger partial charge in [-0.25, -0.2) is 18.7 Å². The largest absolute Gasteiger partial charge is 0.485 e. The molecule has 0 aliphatic heterocycles. The Bertz CT molecular complexity index is 1660. The van der Waals surface area contributed by atoms with Crippen LogP contribution in [-0.2, 0) is 21.6 Å². The zero-order chi connectivity index (χ0) is 29.2. The van der Waals surface area contributed by atoms with E-state index in [-0.39, 0.29) is 35.5 Å². The van der Waals surface area contributed by atoms with E-state index in [0.717, 1.165) is 6.20 Å². The van der Waals surface area contributed by atoms with Crippen molar-refractivity contribution in [3.05, 3.63) is 92.6 Å². The molecule has 40 heavy (non-hydrogen) atoms. The van der Waals surface area contributed by atoms with Crippen LogP contribution in [0.1, 0.15) is 43.5 Å². The number of hydrogen-bond acceptors (Lipinski definition) is 8. The molecule has 12 heteroatoms. The number of esters is 1. The summed E-state index contributed by atoms with van der Waals surface area (Å²) in [5.41, 5.74) is 0.723. The average molecular weight is 570 g/mol. The van der Waals surface area contributed by atoms with Crippen LogP contribution in [0.3, 0.4) is 0 Å². The molecule has 9 nitrogen and oxygen atoms in total. The topological polar surface area (TPSA) is 109 Å². The molecule has 0 spiro atoms. The molecule has 0 amide bonds. The highest BCUT2D eigenvalue weighted by atomic mass is 35.5. The first-order valence-electron chi connectivity index (χ1n) is 12.3. The van der Waals surface area contributed by atoms with E-state index in [0.29, 0.717) is 34.4 Å². The Labute approximate surface area is 233 Å². The van der Waals surface area contributed by atoms with E-state index in [4.69, 9.17) is 21.1 Å². The van der Waals surface area contributed by atoms with Gasteiger partial charge >= 0.3 is 5.97 Å². The third-order valence-electron chi connectivity index (χ3n) is 6.13.